The number of hydrogen-bond donors (Lipinski definition) is 0. The van der Waals surface area contributed by atoms with Crippen LogP contribution in [-0.2, 0) is 19.1 Å². The fraction of sp³-hybridized carbons (Fsp3) is 0.600. The van der Waals surface area contributed by atoms with E-state index in [0.717, 1.165) is 6.42 Å². The van der Waals surface area contributed by atoms with Gasteiger partial charge in [-0.3, -0.25) is 9.59 Å². The Balaban J connectivity index is -0.000000294. The molecule has 0 aliphatic rings. The van der Waals surface area contributed by atoms with Crippen LogP contribution >= 0.6 is 0 Å². The van der Waals surface area contributed by atoms with Crippen LogP contribution in [0.1, 0.15) is 66.2 Å². The van der Waals surface area contributed by atoms with Gasteiger partial charge in [0.05, 0.1) is 0 Å². The maximum Gasteiger partial charge on any atom is 0.302 e. The third kappa shape index (κ3) is 42.7. The average Bonchev–Trinajstić information content (AvgIpc) is 2.55. The van der Waals surface area contributed by atoms with Crippen LogP contribution in [0.15, 0.2) is 37.5 Å². The summed E-state index contributed by atoms with van der Waals surface area (Å²) in [5, 5.41) is 0. The van der Waals surface area contributed by atoms with Crippen LogP contribution in [0.3, 0.4) is 0 Å². The van der Waals surface area contributed by atoms with Gasteiger partial charge in [-0.05, 0) is 12.8 Å². The number of rotatable bonds is 10. The van der Waals surface area contributed by atoms with E-state index in [1.54, 1.807) is 0 Å². The van der Waals surface area contributed by atoms with Crippen LogP contribution < -0.4 is 0 Å². The summed E-state index contributed by atoms with van der Waals surface area (Å²) in [5.74, 6) is -0.481. The molecule has 0 bridgehead atoms. The Hall–Kier alpha value is -1.84. The lowest BCUT2D eigenvalue weighted by molar-refractivity contribution is -0.140. The summed E-state index contributed by atoms with van der Waals surface area (Å²) >= 11 is 0. The van der Waals surface area contributed by atoms with Crippen LogP contribution in [-0.4, -0.2) is 25.2 Å². The van der Waals surface area contributed by atoms with Gasteiger partial charge >= 0.3 is 11.9 Å². The number of ether oxygens (including phenoxy) is 2. The van der Waals surface area contributed by atoms with Gasteiger partial charge in [-0.15, -0.1) is 6.58 Å². The van der Waals surface area contributed by atoms with Crippen molar-refractivity contribution in [2.45, 2.75) is 66.2 Å². The number of allylic oxidation sites excluding steroid dienone is 2. The number of carbonyl (C=O) groups is 2. The molecule has 4 heteroatoms. The third-order valence-electron chi connectivity index (χ3n) is 2.44. The third-order valence-corrected chi connectivity index (χ3v) is 2.44. The predicted octanol–water partition coefficient (Wildman–Crippen LogP) is 5.39. The number of esters is 2. The molecule has 24 heavy (non-hydrogen) atoms. The van der Waals surface area contributed by atoms with Crippen LogP contribution in [0, 0.1) is 0 Å². The average molecular weight is 341 g/mol. The zero-order chi connectivity index (χ0) is 19.1. The first-order valence-corrected chi connectivity index (χ1v) is 8.59. The van der Waals surface area contributed by atoms with E-state index in [1.807, 2.05) is 18.2 Å². The maximum absolute atomic E-state index is 10.3. The standard InChI is InChI=1S/C9H16O2.C6H12.C5H8O2/c1-3-4-5-6-7-8-11-9(2)10;1-3-5-6-4-2;1-3-4-7-5(2)6/h6-7H,3-5,8H2,1-2H3;3H,1,4-6H2,2H3;3H,1,4H2,2H3/b7-6-;;. The molecule has 0 unspecified atom stereocenters. The van der Waals surface area contributed by atoms with Gasteiger partial charge in [0.1, 0.15) is 13.2 Å². The molecule has 0 spiro atoms. The van der Waals surface area contributed by atoms with Gasteiger partial charge in [0, 0.05) is 13.8 Å². The Morgan fingerprint density at radius 1 is 0.792 bits per heavy atom. The number of carbonyl (C=O) groups excluding carboxylic acids is 2. The highest BCUT2D eigenvalue weighted by molar-refractivity contribution is 5.66. The molecule has 0 aromatic heterocycles. The first-order chi connectivity index (χ1) is 11.5. The van der Waals surface area contributed by atoms with Crippen molar-refractivity contribution >= 4 is 11.9 Å². The summed E-state index contributed by atoms with van der Waals surface area (Å²) in [7, 11) is 0. The number of hydrogen-bond acceptors (Lipinski definition) is 4. The molecule has 0 N–H and O–H groups in total. The molecule has 0 amide bonds. The lowest BCUT2D eigenvalue weighted by Crippen LogP contribution is -1.97. The predicted molar refractivity (Wildman–Crippen MR) is 102 cm³/mol. The molecule has 140 valence electrons. The van der Waals surface area contributed by atoms with Crippen LogP contribution in [0.4, 0.5) is 0 Å². The van der Waals surface area contributed by atoms with E-state index in [9.17, 15) is 9.59 Å². The quantitative estimate of drug-likeness (QED) is 0.304. The van der Waals surface area contributed by atoms with Gasteiger partial charge in [0.15, 0.2) is 0 Å². The molecule has 0 aliphatic carbocycles. The zero-order valence-electron chi connectivity index (χ0n) is 16.0. The minimum atomic E-state index is -0.264. The molecule has 0 atom stereocenters. The summed E-state index contributed by atoms with van der Waals surface area (Å²) in [6.45, 7) is 14.8. The second-order valence-electron chi connectivity index (χ2n) is 4.94. The van der Waals surface area contributed by atoms with Crippen molar-refractivity contribution in [3.8, 4) is 0 Å². The van der Waals surface area contributed by atoms with Crippen molar-refractivity contribution in [2.24, 2.45) is 0 Å². The maximum atomic E-state index is 10.3. The molecule has 0 fully saturated rings. The van der Waals surface area contributed by atoms with Crippen molar-refractivity contribution in [2.75, 3.05) is 13.2 Å². The van der Waals surface area contributed by atoms with Crippen molar-refractivity contribution in [3.63, 3.8) is 0 Å². The Labute approximate surface area is 148 Å². The molecule has 0 saturated carbocycles. The minimum absolute atomic E-state index is 0.217. The molecule has 0 rings (SSSR count). The highest BCUT2D eigenvalue weighted by atomic mass is 16.5. The lowest BCUT2D eigenvalue weighted by Gasteiger charge is -1.94. The van der Waals surface area contributed by atoms with Gasteiger partial charge < -0.3 is 9.47 Å². The summed E-state index contributed by atoms with van der Waals surface area (Å²) < 4.78 is 9.13. The van der Waals surface area contributed by atoms with E-state index >= 15 is 0 Å². The molecular formula is C20H36O4. The molecule has 0 aromatic carbocycles. The topological polar surface area (TPSA) is 52.6 Å². The summed E-state index contributed by atoms with van der Waals surface area (Å²) in [4.78, 5) is 20.2. The number of unbranched alkanes of at least 4 members (excludes halogenated alkanes) is 4. The fourth-order valence-corrected chi connectivity index (χ4v) is 1.20. The normalized spacial score (nSPS) is 9.00. The van der Waals surface area contributed by atoms with E-state index in [0.29, 0.717) is 13.2 Å². The van der Waals surface area contributed by atoms with Crippen molar-refractivity contribution < 1.29 is 19.1 Å². The van der Waals surface area contributed by atoms with Crippen LogP contribution in [0.25, 0.3) is 0 Å². The Morgan fingerprint density at radius 3 is 1.62 bits per heavy atom. The molecule has 0 aromatic rings. The van der Waals surface area contributed by atoms with E-state index in [2.05, 4.69) is 31.7 Å². The van der Waals surface area contributed by atoms with E-state index < -0.39 is 0 Å². The van der Waals surface area contributed by atoms with Crippen molar-refractivity contribution in [3.05, 3.63) is 37.5 Å². The lowest BCUT2D eigenvalue weighted by atomic mass is 10.2. The van der Waals surface area contributed by atoms with Crippen LogP contribution in [0.5, 0.6) is 0 Å². The van der Waals surface area contributed by atoms with E-state index in [-0.39, 0.29) is 11.9 Å². The summed E-state index contributed by atoms with van der Waals surface area (Å²) in [6, 6.07) is 0. The van der Waals surface area contributed by atoms with Crippen LogP contribution in [0.2, 0.25) is 0 Å². The van der Waals surface area contributed by atoms with E-state index in [4.69, 9.17) is 4.74 Å². The Morgan fingerprint density at radius 2 is 1.29 bits per heavy atom. The molecule has 0 aliphatic heterocycles. The molecular weight excluding hydrogens is 304 g/mol. The monoisotopic (exact) mass is 340 g/mol. The largest absolute Gasteiger partial charge is 0.462 e. The fourth-order valence-electron chi connectivity index (χ4n) is 1.20. The van der Waals surface area contributed by atoms with Crippen molar-refractivity contribution in [1.82, 2.24) is 0 Å². The Kier molecular flexibility index (Phi) is 29.4. The molecule has 0 saturated heterocycles. The highest BCUT2D eigenvalue weighted by Crippen LogP contribution is 1.94. The smallest absolute Gasteiger partial charge is 0.302 e. The molecule has 4 nitrogen and oxygen atoms in total. The first-order valence-electron chi connectivity index (χ1n) is 8.59. The minimum Gasteiger partial charge on any atom is -0.462 e. The van der Waals surface area contributed by atoms with Gasteiger partial charge in [-0.25, -0.2) is 0 Å². The van der Waals surface area contributed by atoms with Gasteiger partial charge in [-0.1, -0.05) is 70.4 Å². The summed E-state index contributed by atoms with van der Waals surface area (Å²) in [6.07, 6.45) is 14.7. The zero-order valence-corrected chi connectivity index (χ0v) is 16.0. The van der Waals surface area contributed by atoms with E-state index in [1.165, 1.54) is 52.0 Å². The second-order valence-corrected chi connectivity index (χ2v) is 4.94. The summed E-state index contributed by atoms with van der Waals surface area (Å²) in [5.41, 5.74) is 0. The van der Waals surface area contributed by atoms with Gasteiger partial charge in [0.25, 0.3) is 0 Å². The SMILES string of the molecule is C=CCCCC.C=CCOC(C)=O.CCCC/C=C\COC(C)=O. The second kappa shape index (κ2) is 26.1. The Bertz CT molecular complexity index is 333. The molecule has 0 heterocycles. The first kappa shape index (κ1) is 27.0. The van der Waals surface area contributed by atoms with Gasteiger partial charge in [-0.2, -0.15) is 0 Å². The molecule has 0 radical (unpaired) electrons. The van der Waals surface area contributed by atoms with Gasteiger partial charge in [0.2, 0.25) is 0 Å². The van der Waals surface area contributed by atoms with Crippen molar-refractivity contribution in [1.29, 1.82) is 0 Å². The highest BCUT2D eigenvalue weighted by Gasteiger charge is 1.86.